The summed E-state index contributed by atoms with van der Waals surface area (Å²) >= 11 is 5.90. The Kier molecular flexibility index (Phi) is 3.15. The molecule has 2 aromatic heterocycles. The molecule has 22 heavy (non-hydrogen) atoms. The van der Waals surface area contributed by atoms with Crippen molar-refractivity contribution >= 4 is 34.0 Å². The highest BCUT2D eigenvalue weighted by Crippen LogP contribution is 2.32. The fraction of sp³-hybridized carbons (Fsp3) is 0.250. The summed E-state index contributed by atoms with van der Waals surface area (Å²) in [6.45, 7) is 0.863. The van der Waals surface area contributed by atoms with Crippen LogP contribution in [0.5, 0.6) is 0 Å². The van der Waals surface area contributed by atoms with Crippen LogP contribution in [0.1, 0.15) is 12.8 Å². The molecule has 3 aromatic rings. The van der Waals surface area contributed by atoms with Crippen LogP contribution in [0.3, 0.4) is 0 Å². The predicted octanol–water partition coefficient (Wildman–Crippen LogP) is 3.53. The van der Waals surface area contributed by atoms with E-state index in [9.17, 15) is 4.79 Å². The number of fused-ring (bicyclic) bond motifs is 1. The summed E-state index contributed by atoms with van der Waals surface area (Å²) in [5.41, 5.74) is 1.59. The van der Waals surface area contributed by atoms with Gasteiger partial charge in [-0.1, -0.05) is 11.6 Å². The van der Waals surface area contributed by atoms with E-state index in [1.807, 2.05) is 22.9 Å². The third kappa shape index (κ3) is 2.48. The van der Waals surface area contributed by atoms with Crippen LogP contribution in [-0.2, 0) is 6.54 Å². The maximum Gasteiger partial charge on any atom is 0.261 e. The summed E-state index contributed by atoms with van der Waals surface area (Å²) in [6.07, 6.45) is 4.15. The Morgan fingerprint density at radius 3 is 2.77 bits per heavy atom. The summed E-state index contributed by atoms with van der Waals surface area (Å²) in [5, 5.41) is 9.09. The molecule has 0 saturated heterocycles. The molecular formula is C16H15ClN4O. The second kappa shape index (κ2) is 5.18. The highest BCUT2D eigenvalue weighted by molar-refractivity contribution is 6.30. The largest absolute Gasteiger partial charge is 0.338 e. The number of nitrogens with zero attached hydrogens (tertiary/aromatic N) is 2. The lowest BCUT2D eigenvalue weighted by atomic mass is 10.3. The van der Waals surface area contributed by atoms with E-state index in [2.05, 4.69) is 15.4 Å². The molecule has 4 rings (SSSR count). The van der Waals surface area contributed by atoms with Gasteiger partial charge in [-0.25, -0.2) is 0 Å². The SMILES string of the molecule is O=c1[nH]ccc2c1c(Nc1ccc(Cl)cc1)nn2CC1CC1. The molecule has 0 unspecified atom stereocenters. The van der Waals surface area contributed by atoms with Gasteiger partial charge in [-0.3, -0.25) is 9.48 Å². The quantitative estimate of drug-likeness (QED) is 0.774. The van der Waals surface area contributed by atoms with Crippen LogP contribution < -0.4 is 10.9 Å². The molecule has 1 aliphatic rings. The van der Waals surface area contributed by atoms with Crippen molar-refractivity contribution in [1.29, 1.82) is 0 Å². The number of hydrogen-bond acceptors (Lipinski definition) is 3. The molecule has 0 amide bonds. The number of aromatic nitrogens is 3. The average molecular weight is 315 g/mol. The van der Waals surface area contributed by atoms with E-state index in [0.29, 0.717) is 22.1 Å². The first-order chi connectivity index (χ1) is 10.7. The van der Waals surface area contributed by atoms with Gasteiger partial charge in [0.05, 0.1) is 5.52 Å². The lowest BCUT2D eigenvalue weighted by Gasteiger charge is -2.03. The molecule has 1 aliphatic carbocycles. The zero-order valence-corrected chi connectivity index (χ0v) is 12.6. The molecule has 0 aliphatic heterocycles. The van der Waals surface area contributed by atoms with Crippen molar-refractivity contribution in [3.05, 3.63) is 51.9 Å². The molecule has 2 N–H and O–H groups in total. The van der Waals surface area contributed by atoms with Gasteiger partial charge >= 0.3 is 0 Å². The molecule has 5 nitrogen and oxygen atoms in total. The van der Waals surface area contributed by atoms with Crippen molar-refractivity contribution in [2.45, 2.75) is 19.4 Å². The molecule has 0 spiro atoms. The first-order valence-corrected chi connectivity index (χ1v) is 7.69. The fourth-order valence-electron chi connectivity index (χ4n) is 2.58. The smallest absolute Gasteiger partial charge is 0.261 e. The molecule has 0 bridgehead atoms. The predicted molar refractivity (Wildman–Crippen MR) is 87.8 cm³/mol. The van der Waals surface area contributed by atoms with Crippen LogP contribution >= 0.6 is 11.6 Å². The number of nitrogens with one attached hydrogen (secondary N) is 2. The second-order valence-corrected chi connectivity index (χ2v) is 6.11. The number of halogens is 1. The van der Waals surface area contributed by atoms with Gasteiger partial charge in [-0.15, -0.1) is 0 Å². The zero-order valence-electron chi connectivity index (χ0n) is 11.8. The van der Waals surface area contributed by atoms with Crippen molar-refractivity contribution in [3.8, 4) is 0 Å². The molecule has 0 radical (unpaired) electrons. The van der Waals surface area contributed by atoms with E-state index in [4.69, 9.17) is 11.6 Å². The number of hydrogen-bond donors (Lipinski definition) is 2. The van der Waals surface area contributed by atoms with Crippen LogP contribution in [0.2, 0.25) is 5.02 Å². The van der Waals surface area contributed by atoms with Gasteiger partial charge in [-0.2, -0.15) is 5.10 Å². The minimum atomic E-state index is -0.129. The minimum absolute atomic E-state index is 0.129. The van der Waals surface area contributed by atoms with Crippen LogP contribution in [0.4, 0.5) is 11.5 Å². The van der Waals surface area contributed by atoms with E-state index >= 15 is 0 Å². The monoisotopic (exact) mass is 314 g/mol. The number of H-pyrrole nitrogens is 1. The first kappa shape index (κ1) is 13.4. The van der Waals surface area contributed by atoms with E-state index in [1.165, 1.54) is 12.8 Å². The summed E-state index contributed by atoms with van der Waals surface area (Å²) < 4.78 is 1.93. The maximum absolute atomic E-state index is 12.2. The van der Waals surface area contributed by atoms with Crippen molar-refractivity contribution in [3.63, 3.8) is 0 Å². The molecule has 0 atom stereocenters. The Hall–Kier alpha value is -2.27. The van der Waals surface area contributed by atoms with Crippen LogP contribution in [0.15, 0.2) is 41.3 Å². The topological polar surface area (TPSA) is 62.7 Å². The van der Waals surface area contributed by atoms with Gasteiger partial charge in [0.2, 0.25) is 0 Å². The molecule has 1 aromatic carbocycles. The highest BCUT2D eigenvalue weighted by Gasteiger charge is 2.24. The summed E-state index contributed by atoms with van der Waals surface area (Å²) in [5.74, 6) is 1.27. The normalized spacial score (nSPS) is 14.4. The van der Waals surface area contributed by atoms with Gasteiger partial charge in [0.15, 0.2) is 5.82 Å². The van der Waals surface area contributed by atoms with Gasteiger partial charge in [0.25, 0.3) is 5.56 Å². The second-order valence-electron chi connectivity index (χ2n) is 5.67. The number of pyridine rings is 1. The Labute approximate surface area is 131 Å². The summed E-state index contributed by atoms with van der Waals surface area (Å²) in [4.78, 5) is 14.9. The average Bonchev–Trinajstić information content (AvgIpc) is 3.25. The van der Waals surface area contributed by atoms with E-state index in [1.54, 1.807) is 18.3 Å². The lowest BCUT2D eigenvalue weighted by molar-refractivity contribution is 0.582. The molecule has 1 saturated carbocycles. The standard InChI is InChI=1S/C16H15ClN4O/c17-11-3-5-12(6-4-11)19-15-14-13(7-8-18-16(14)22)21(20-15)9-10-1-2-10/h3-8,10H,1-2,9H2,(H,18,22)(H,19,20). The molecule has 6 heteroatoms. The van der Waals surface area contributed by atoms with Gasteiger partial charge < -0.3 is 10.3 Å². The molecule has 2 heterocycles. The minimum Gasteiger partial charge on any atom is -0.338 e. The molecule has 112 valence electrons. The van der Waals surface area contributed by atoms with Crippen molar-refractivity contribution in [1.82, 2.24) is 14.8 Å². The number of anilines is 2. The summed E-state index contributed by atoms with van der Waals surface area (Å²) in [7, 11) is 0. The first-order valence-electron chi connectivity index (χ1n) is 7.31. The summed E-state index contributed by atoms with van der Waals surface area (Å²) in [6, 6.07) is 9.24. The Morgan fingerprint density at radius 1 is 1.27 bits per heavy atom. The van der Waals surface area contributed by atoms with Gasteiger partial charge in [-0.05, 0) is 49.1 Å². The zero-order chi connectivity index (χ0) is 15.1. The van der Waals surface area contributed by atoms with Crippen molar-refractivity contribution < 1.29 is 0 Å². The fourth-order valence-corrected chi connectivity index (χ4v) is 2.70. The Balaban J connectivity index is 1.78. The van der Waals surface area contributed by atoms with Gasteiger partial charge in [0.1, 0.15) is 5.39 Å². The number of benzene rings is 1. The third-order valence-corrected chi connectivity index (χ3v) is 4.16. The number of rotatable bonds is 4. The lowest BCUT2D eigenvalue weighted by Crippen LogP contribution is -2.06. The van der Waals surface area contributed by atoms with E-state index < -0.39 is 0 Å². The Morgan fingerprint density at radius 2 is 2.05 bits per heavy atom. The Bertz CT molecular complexity index is 877. The maximum atomic E-state index is 12.2. The van der Waals surface area contributed by atoms with E-state index in [0.717, 1.165) is 17.7 Å². The van der Waals surface area contributed by atoms with Crippen molar-refractivity contribution in [2.75, 3.05) is 5.32 Å². The van der Waals surface area contributed by atoms with Crippen molar-refractivity contribution in [2.24, 2.45) is 5.92 Å². The van der Waals surface area contributed by atoms with E-state index in [-0.39, 0.29) is 5.56 Å². The third-order valence-electron chi connectivity index (χ3n) is 3.91. The molecule has 1 fully saturated rings. The highest BCUT2D eigenvalue weighted by atomic mass is 35.5. The number of aromatic amines is 1. The van der Waals surface area contributed by atoms with Crippen LogP contribution in [-0.4, -0.2) is 14.8 Å². The van der Waals surface area contributed by atoms with Crippen LogP contribution in [0, 0.1) is 5.92 Å². The van der Waals surface area contributed by atoms with Gasteiger partial charge in [0, 0.05) is 23.5 Å². The van der Waals surface area contributed by atoms with Crippen LogP contribution in [0.25, 0.3) is 10.9 Å². The molecular weight excluding hydrogens is 300 g/mol.